The zero-order valence-corrected chi connectivity index (χ0v) is 18.7. The lowest BCUT2D eigenvalue weighted by Gasteiger charge is -2.26. The predicted molar refractivity (Wildman–Crippen MR) is 122 cm³/mol. The molecule has 0 N–H and O–H groups in total. The zero-order chi connectivity index (χ0) is 21.0. The number of hydrogen-bond acceptors (Lipinski definition) is 3. The second-order valence-electron chi connectivity index (χ2n) is 8.65. The Morgan fingerprint density at radius 3 is 2.60 bits per heavy atom. The number of hydrogen-bond donors (Lipinski definition) is 0. The molecule has 1 fully saturated rings. The number of ether oxygens (including phenoxy) is 1. The first kappa shape index (κ1) is 21.4. The summed E-state index contributed by atoms with van der Waals surface area (Å²) in [5, 5.41) is 0. The van der Waals surface area contributed by atoms with E-state index in [0.717, 1.165) is 31.4 Å². The number of benzene rings is 2. The van der Waals surface area contributed by atoms with Crippen LogP contribution in [0.4, 0.5) is 0 Å². The van der Waals surface area contributed by atoms with E-state index in [1.54, 1.807) is 4.31 Å². The average molecular weight is 428 g/mol. The molecule has 1 unspecified atom stereocenters. The van der Waals surface area contributed by atoms with Crippen LogP contribution in [0.15, 0.2) is 48.5 Å². The predicted octanol–water partition coefficient (Wildman–Crippen LogP) is 4.93. The van der Waals surface area contributed by atoms with Gasteiger partial charge in [-0.15, -0.1) is 0 Å². The van der Waals surface area contributed by atoms with Gasteiger partial charge in [-0.1, -0.05) is 43.3 Å². The highest BCUT2D eigenvalue weighted by Crippen LogP contribution is 2.36. The Morgan fingerprint density at radius 1 is 1.07 bits per heavy atom. The Kier molecular flexibility index (Phi) is 6.79. The minimum atomic E-state index is -3.17. The van der Waals surface area contributed by atoms with Crippen molar-refractivity contribution in [1.82, 2.24) is 4.31 Å². The first-order valence-electron chi connectivity index (χ1n) is 11.4. The number of rotatable bonds is 10. The lowest BCUT2D eigenvalue weighted by molar-refractivity contribution is 0.268. The molecule has 1 atom stereocenters. The van der Waals surface area contributed by atoms with Gasteiger partial charge in [0, 0.05) is 12.6 Å². The van der Waals surface area contributed by atoms with E-state index in [2.05, 4.69) is 42.5 Å². The Hall–Kier alpha value is -1.85. The summed E-state index contributed by atoms with van der Waals surface area (Å²) < 4.78 is 32.8. The molecule has 0 spiro atoms. The maximum absolute atomic E-state index is 12.5. The van der Waals surface area contributed by atoms with Gasteiger partial charge in [-0.25, -0.2) is 8.42 Å². The summed E-state index contributed by atoms with van der Waals surface area (Å²) in [7, 11) is -3.17. The van der Waals surface area contributed by atoms with E-state index in [4.69, 9.17) is 4.74 Å². The molecule has 0 saturated heterocycles. The van der Waals surface area contributed by atoms with Crippen LogP contribution in [0, 0.1) is 0 Å². The molecular formula is C25H33NO3S. The van der Waals surface area contributed by atoms with Crippen LogP contribution in [0.5, 0.6) is 5.75 Å². The summed E-state index contributed by atoms with van der Waals surface area (Å²) in [6, 6.07) is 17.3. The van der Waals surface area contributed by atoms with E-state index in [1.165, 1.54) is 29.5 Å². The standard InChI is InChI=1S/C25H33NO3S/c1-2-17-30(27,28)26(23-12-13-23)15-16-29-24-14-11-21-9-6-10-22(25(21)19-24)18-20-7-4-3-5-8-20/h3-5,7-8,11,14,19,22-23H,2,6,9-10,12-13,15-18H2,1H3. The molecule has 0 bridgehead atoms. The Bertz CT molecular complexity index is 938. The summed E-state index contributed by atoms with van der Waals surface area (Å²) in [6.07, 6.45) is 7.23. The zero-order valence-electron chi connectivity index (χ0n) is 17.9. The number of sulfonamides is 1. The molecule has 0 aromatic heterocycles. The summed E-state index contributed by atoms with van der Waals surface area (Å²) in [4.78, 5) is 0. The fraction of sp³-hybridized carbons (Fsp3) is 0.520. The van der Waals surface area contributed by atoms with Crippen molar-refractivity contribution in [1.29, 1.82) is 0 Å². The van der Waals surface area contributed by atoms with Crippen molar-refractivity contribution < 1.29 is 13.2 Å². The van der Waals surface area contributed by atoms with Gasteiger partial charge in [0.15, 0.2) is 0 Å². The second-order valence-corrected chi connectivity index (χ2v) is 10.7. The maximum atomic E-state index is 12.5. The third-order valence-electron chi connectivity index (χ3n) is 6.23. The number of nitrogens with zero attached hydrogens (tertiary/aromatic N) is 1. The van der Waals surface area contributed by atoms with E-state index in [-0.39, 0.29) is 11.8 Å². The van der Waals surface area contributed by atoms with Crippen molar-refractivity contribution in [3.63, 3.8) is 0 Å². The summed E-state index contributed by atoms with van der Waals surface area (Å²) in [5.74, 6) is 1.61. The van der Waals surface area contributed by atoms with E-state index >= 15 is 0 Å². The third-order valence-corrected chi connectivity index (χ3v) is 8.35. The van der Waals surface area contributed by atoms with Crippen LogP contribution in [0.3, 0.4) is 0 Å². The van der Waals surface area contributed by atoms with Crippen LogP contribution < -0.4 is 4.74 Å². The summed E-state index contributed by atoms with van der Waals surface area (Å²) in [6.45, 7) is 2.76. The normalized spacial score (nSPS) is 18.9. The molecule has 1 saturated carbocycles. The van der Waals surface area contributed by atoms with Crippen molar-refractivity contribution in [2.45, 2.75) is 63.8 Å². The molecule has 0 radical (unpaired) electrons. The van der Waals surface area contributed by atoms with Gasteiger partial charge in [0.25, 0.3) is 0 Å². The lowest BCUT2D eigenvalue weighted by atomic mass is 9.79. The molecule has 2 aromatic rings. The van der Waals surface area contributed by atoms with Crippen LogP contribution in [0.25, 0.3) is 0 Å². The quantitative estimate of drug-likeness (QED) is 0.540. The molecule has 4 rings (SSSR count). The van der Waals surface area contributed by atoms with Gasteiger partial charge in [-0.3, -0.25) is 0 Å². The monoisotopic (exact) mass is 427 g/mol. The van der Waals surface area contributed by atoms with E-state index in [0.29, 0.717) is 25.5 Å². The van der Waals surface area contributed by atoms with Crippen LogP contribution in [0.1, 0.15) is 61.6 Å². The first-order valence-corrected chi connectivity index (χ1v) is 13.0. The van der Waals surface area contributed by atoms with E-state index in [9.17, 15) is 8.42 Å². The van der Waals surface area contributed by atoms with Crippen molar-refractivity contribution in [3.8, 4) is 5.75 Å². The van der Waals surface area contributed by atoms with Crippen molar-refractivity contribution in [3.05, 3.63) is 65.2 Å². The van der Waals surface area contributed by atoms with Gasteiger partial charge in [0.2, 0.25) is 10.0 Å². The Morgan fingerprint density at radius 2 is 1.87 bits per heavy atom. The maximum Gasteiger partial charge on any atom is 0.214 e. The van der Waals surface area contributed by atoms with Gasteiger partial charge in [-0.2, -0.15) is 4.31 Å². The van der Waals surface area contributed by atoms with E-state index < -0.39 is 10.0 Å². The lowest BCUT2D eigenvalue weighted by Crippen LogP contribution is -2.37. The highest BCUT2D eigenvalue weighted by atomic mass is 32.2. The average Bonchev–Trinajstić information content (AvgIpc) is 3.57. The molecule has 30 heavy (non-hydrogen) atoms. The molecule has 2 aromatic carbocycles. The largest absolute Gasteiger partial charge is 0.492 e. The molecule has 5 heteroatoms. The number of aryl methyl sites for hydroxylation is 1. The van der Waals surface area contributed by atoms with Crippen LogP contribution in [-0.2, 0) is 22.9 Å². The molecule has 2 aliphatic carbocycles. The van der Waals surface area contributed by atoms with Gasteiger partial charge >= 0.3 is 0 Å². The van der Waals surface area contributed by atoms with Gasteiger partial charge < -0.3 is 4.74 Å². The Labute approximate surface area is 181 Å². The van der Waals surface area contributed by atoms with Gasteiger partial charge in [0.1, 0.15) is 12.4 Å². The van der Waals surface area contributed by atoms with E-state index in [1.807, 2.05) is 13.0 Å². The van der Waals surface area contributed by atoms with Gasteiger partial charge in [-0.05, 0) is 79.7 Å². The van der Waals surface area contributed by atoms with Crippen LogP contribution in [0.2, 0.25) is 0 Å². The molecule has 0 heterocycles. The molecular weight excluding hydrogens is 394 g/mol. The SMILES string of the molecule is CCCS(=O)(=O)N(CCOc1ccc2c(c1)C(Cc1ccccc1)CCC2)C1CC1. The fourth-order valence-electron chi connectivity index (χ4n) is 4.62. The van der Waals surface area contributed by atoms with Crippen molar-refractivity contribution in [2.75, 3.05) is 18.9 Å². The molecule has 4 nitrogen and oxygen atoms in total. The van der Waals surface area contributed by atoms with Crippen molar-refractivity contribution >= 4 is 10.0 Å². The highest BCUT2D eigenvalue weighted by molar-refractivity contribution is 7.89. The first-order chi connectivity index (χ1) is 14.6. The van der Waals surface area contributed by atoms with Gasteiger partial charge in [0.05, 0.1) is 5.75 Å². The third kappa shape index (κ3) is 5.25. The van der Waals surface area contributed by atoms with Crippen LogP contribution >= 0.6 is 0 Å². The summed E-state index contributed by atoms with van der Waals surface area (Å²) in [5.41, 5.74) is 4.21. The molecule has 0 aliphatic heterocycles. The van der Waals surface area contributed by atoms with Crippen molar-refractivity contribution in [2.24, 2.45) is 0 Å². The smallest absolute Gasteiger partial charge is 0.214 e. The van der Waals surface area contributed by atoms with Crippen LogP contribution in [-0.4, -0.2) is 37.7 Å². The number of fused-ring (bicyclic) bond motifs is 1. The molecule has 2 aliphatic rings. The molecule has 0 amide bonds. The minimum absolute atomic E-state index is 0.184. The highest BCUT2D eigenvalue weighted by Gasteiger charge is 2.36. The molecule has 162 valence electrons. The second kappa shape index (κ2) is 9.52. The minimum Gasteiger partial charge on any atom is -0.492 e. The topological polar surface area (TPSA) is 46.6 Å². The fourth-order valence-corrected chi connectivity index (χ4v) is 6.38. The summed E-state index contributed by atoms with van der Waals surface area (Å²) >= 11 is 0. The Balaban J connectivity index is 1.41.